The van der Waals surface area contributed by atoms with E-state index in [9.17, 15) is 19.2 Å². The molecule has 0 atom stereocenters. The fourth-order valence-corrected chi connectivity index (χ4v) is 3.48. The third-order valence-electron chi connectivity index (χ3n) is 5.74. The van der Waals surface area contributed by atoms with Crippen molar-refractivity contribution in [3.05, 3.63) is 53.1 Å². The Bertz CT molecular complexity index is 1090. The van der Waals surface area contributed by atoms with Gasteiger partial charge in [-0.15, -0.1) is 0 Å². The summed E-state index contributed by atoms with van der Waals surface area (Å²) in [5.41, 5.74) is 1.06. The van der Waals surface area contributed by atoms with Gasteiger partial charge in [-0.1, -0.05) is 70.4 Å². The molecular formula is C30H38O8. The molecule has 2 rings (SSSR count). The molecule has 0 aliphatic rings. The minimum Gasteiger partial charge on any atom is -0.457 e. The van der Waals surface area contributed by atoms with Gasteiger partial charge in [-0.05, 0) is 37.8 Å². The van der Waals surface area contributed by atoms with Crippen LogP contribution in [0.15, 0.2) is 36.4 Å². The lowest BCUT2D eigenvalue weighted by molar-refractivity contribution is -0.138. The summed E-state index contributed by atoms with van der Waals surface area (Å²) in [5, 5.41) is 0. The van der Waals surface area contributed by atoms with Gasteiger partial charge >= 0.3 is 23.9 Å². The third-order valence-corrected chi connectivity index (χ3v) is 5.74. The minimum atomic E-state index is -0.702. The van der Waals surface area contributed by atoms with Gasteiger partial charge in [0.1, 0.15) is 6.61 Å². The normalized spacial score (nSPS) is 10.5. The molecule has 0 aliphatic heterocycles. The van der Waals surface area contributed by atoms with Crippen LogP contribution in [0, 0.1) is 6.92 Å². The van der Waals surface area contributed by atoms with Gasteiger partial charge in [0.05, 0.1) is 5.56 Å². The van der Waals surface area contributed by atoms with E-state index in [4.69, 9.17) is 18.9 Å². The maximum Gasteiger partial charge on any atom is 0.339 e. The Morgan fingerprint density at radius 1 is 0.684 bits per heavy atom. The number of carbonyl (C=O) groups excluding carboxylic acids is 4. The lowest BCUT2D eigenvalue weighted by Gasteiger charge is -2.19. The van der Waals surface area contributed by atoms with E-state index in [0.29, 0.717) is 19.3 Å². The fourth-order valence-electron chi connectivity index (χ4n) is 3.48. The number of carbonyl (C=O) groups is 4. The number of rotatable bonds is 15. The van der Waals surface area contributed by atoms with Crippen molar-refractivity contribution in [3.63, 3.8) is 0 Å². The Morgan fingerprint density at radius 2 is 1.18 bits per heavy atom. The summed E-state index contributed by atoms with van der Waals surface area (Å²) in [4.78, 5) is 50.9. The first-order valence-corrected chi connectivity index (χ1v) is 13.3. The molecule has 0 heterocycles. The van der Waals surface area contributed by atoms with Crippen LogP contribution in [0.25, 0.3) is 0 Å². The van der Waals surface area contributed by atoms with E-state index < -0.39 is 23.9 Å². The van der Waals surface area contributed by atoms with Crippen molar-refractivity contribution in [2.75, 3.05) is 0 Å². The van der Waals surface area contributed by atoms with Crippen LogP contribution in [0.5, 0.6) is 17.2 Å². The van der Waals surface area contributed by atoms with Crippen molar-refractivity contribution in [1.82, 2.24) is 0 Å². The topological polar surface area (TPSA) is 105 Å². The van der Waals surface area contributed by atoms with Crippen LogP contribution in [0.3, 0.4) is 0 Å². The van der Waals surface area contributed by atoms with Crippen molar-refractivity contribution >= 4 is 23.9 Å². The standard InChI is InChI=1S/C30H38O8/c1-5-8-16-25(31)36-24-19-23(30(34)35-20-22-14-12-11-13-15-22)21(4)28(37-26(32)17-9-6-2)29(24)38-27(33)18-10-7-3/h11-15,19H,5-10,16-18,20H2,1-4H3. The first-order valence-electron chi connectivity index (χ1n) is 13.3. The molecule has 0 radical (unpaired) electrons. The summed E-state index contributed by atoms with van der Waals surface area (Å²) in [6.45, 7) is 7.40. The third kappa shape index (κ3) is 9.65. The fraction of sp³-hybridized carbons (Fsp3) is 0.467. The van der Waals surface area contributed by atoms with Gasteiger partial charge < -0.3 is 18.9 Å². The molecule has 0 amide bonds. The Labute approximate surface area is 224 Å². The number of hydrogen-bond acceptors (Lipinski definition) is 8. The molecule has 0 bridgehead atoms. The van der Waals surface area contributed by atoms with Crippen LogP contribution in [-0.2, 0) is 25.7 Å². The van der Waals surface area contributed by atoms with E-state index in [1.165, 1.54) is 6.07 Å². The van der Waals surface area contributed by atoms with Crippen molar-refractivity contribution in [1.29, 1.82) is 0 Å². The highest BCUT2D eigenvalue weighted by atomic mass is 16.6. The number of esters is 4. The number of benzene rings is 2. The van der Waals surface area contributed by atoms with Crippen molar-refractivity contribution < 1.29 is 38.1 Å². The molecular weight excluding hydrogens is 488 g/mol. The summed E-state index contributed by atoms with van der Waals surface area (Å²) < 4.78 is 22.3. The van der Waals surface area contributed by atoms with Crippen LogP contribution < -0.4 is 14.2 Å². The summed E-state index contributed by atoms with van der Waals surface area (Å²) in [7, 11) is 0. The summed E-state index contributed by atoms with van der Waals surface area (Å²) in [5.74, 6) is -2.89. The molecule has 2 aromatic rings. The summed E-state index contributed by atoms with van der Waals surface area (Å²) in [6.07, 6.45) is 4.51. The van der Waals surface area contributed by atoms with E-state index in [0.717, 1.165) is 24.8 Å². The van der Waals surface area contributed by atoms with Crippen LogP contribution >= 0.6 is 0 Å². The predicted octanol–water partition coefficient (Wildman–Crippen LogP) is 6.64. The molecule has 0 N–H and O–H groups in total. The van der Waals surface area contributed by atoms with E-state index in [-0.39, 0.29) is 54.2 Å². The molecule has 8 heteroatoms. The molecule has 38 heavy (non-hydrogen) atoms. The smallest absolute Gasteiger partial charge is 0.339 e. The second-order valence-electron chi connectivity index (χ2n) is 9.00. The molecule has 0 saturated carbocycles. The second kappa shape index (κ2) is 16.2. The van der Waals surface area contributed by atoms with Crippen LogP contribution in [0.4, 0.5) is 0 Å². The zero-order chi connectivity index (χ0) is 27.9. The summed E-state index contributed by atoms with van der Waals surface area (Å²) >= 11 is 0. The maximum atomic E-state index is 13.1. The van der Waals surface area contributed by atoms with Gasteiger partial charge in [-0.2, -0.15) is 0 Å². The number of hydrogen-bond donors (Lipinski definition) is 0. The first kappa shape index (κ1) is 30.5. The van der Waals surface area contributed by atoms with E-state index >= 15 is 0 Å². The first-order chi connectivity index (χ1) is 18.3. The highest BCUT2D eigenvalue weighted by Gasteiger charge is 2.28. The highest BCUT2D eigenvalue weighted by Crippen LogP contribution is 2.43. The lowest BCUT2D eigenvalue weighted by atomic mass is 10.1. The van der Waals surface area contributed by atoms with E-state index in [1.54, 1.807) is 6.92 Å². The maximum absolute atomic E-state index is 13.1. The van der Waals surface area contributed by atoms with Gasteiger partial charge in [0.25, 0.3) is 0 Å². The molecule has 0 fully saturated rings. The van der Waals surface area contributed by atoms with E-state index in [1.807, 2.05) is 51.1 Å². The SMILES string of the molecule is CCCCC(=O)Oc1cc(C(=O)OCc2ccccc2)c(C)c(OC(=O)CCCC)c1OC(=O)CCCC. The Hall–Kier alpha value is -3.68. The van der Waals surface area contributed by atoms with Gasteiger partial charge in [-0.25, -0.2) is 4.79 Å². The van der Waals surface area contributed by atoms with Crippen molar-refractivity contribution in [2.24, 2.45) is 0 Å². The minimum absolute atomic E-state index is 0.0180. The molecule has 0 unspecified atom stereocenters. The average Bonchev–Trinajstić information content (AvgIpc) is 2.92. The number of unbranched alkanes of at least 4 members (excludes halogenated alkanes) is 3. The molecule has 2 aromatic carbocycles. The van der Waals surface area contributed by atoms with Gasteiger partial charge in [0.2, 0.25) is 5.75 Å². The van der Waals surface area contributed by atoms with Crippen LogP contribution in [-0.4, -0.2) is 23.9 Å². The molecule has 0 aliphatic carbocycles. The van der Waals surface area contributed by atoms with Crippen LogP contribution in [0.2, 0.25) is 0 Å². The zero-order valence-electron chi connectivity index (χ0n) is 22.8. The van der Waals surface area contributed by atoms with Gasteiger partial charge in [0.15, 0.2) is 11.5 Å². The highest BCUT2D eigenvalue weighted by molar-refractivity contribution is 5.94. The molecule has 206 valence electrons. The van der Waals surface area contributed by atoms with E-state index in [2.05, 4.69) is 0 Å². The second-order valence-corrected chi connectivity index (χ2v) is 9.00. The molecule has 0 spiro atoms. The van der Waals surface area contributed by atoms with Gasteiger partial charge in [-0.3, -0.25) is 14.4 Å². The Balaban J connectivity index is 2.53. The largest absolute Gasteiger partial charge is 0.457 e. The lowest BCUT2D eigenvalue weighted by Crippen LogP contribution is -2.17. The zero-order valence-corrected chi connectivity index (χ0v) is 22.8. The quantitative estimate of drug-likeness (QED) is 0.188. The average molecular weight is 527 g/mol. The molecule has 0 saturated heterocycles. The molecule has 0 aromatic heterocycles. The monoisotopic (exact) mass is 526 g/mol. The summed E-state index contributed by atoms with van der Waals surface area (Å²) in [6, 6.07) is 10.5. The van der Waals surface area contributed by atoms with Crippen molar-refractivity contribution in [3.8, 4) is 17.2 Å². The molecule has 8 nitrogen and oxygen atoms in total. The van der Waals surface area contributed by atoms with Gasteiger partial charge in [0, 0.05) is 24.8 Å². The van der Waals surface area contributed by atoms with Crippen LogP contribution in [0.1, 0.15) is 100 Å². The Kier molecular flexibility index (Phi) is 13.0. The predicted molar refractivity (Wildman–Crippen MR) is 142 cm³/mol. The Morgan fingerprint density at radius 3 is 1.71 bits per heavy atom. The van der Waals surface area contributed by atoms with Crippen molar-refractivity contribution in [2.45, 2.75) is 92.1 Å². The number of ether oxygens (including phenoxy) is 4.